The average molecular weight is 1440 g/mol. The second-order valence-corrected chi connectivity index (χ2v) is 29.5. The zero-order chi connectivity index (χ0) is 72.5. The molecule has 99 heavy (non-hydrogen) atoms. The quantitative estimate of drug-likeness (QED) is 0.00886. The van der Waals surface area contributed by atoms with Crippen molar-refractivity contribution in [3.63, 3.8) is 0 Å². The number of aliphatic hydroxyl groups excluding tert-OH is 10. The number of allylic oxidation sites excluding steroid dienone is 2. The summed E-state index contributed by atoms with van der Waals surface area (Å²) in [5.41, 5.74) is 0. The highest BCUT2D eigenvalue weighted by Gasteiger charge is 2.58. The predicted molar refractivity (Wildman–Crippen MR) is 375 cm³/mol. The van der Waals surface area contributed by atoms with Crippen LogP contribution < -0.4 is 0 Å². The van der Waals surface area contributed by atoms with E-state index in [1.807, 2.05) is 0 Å². The van der Waals surface area contributed by atoms with E-state index in [0.717, 1.165) is 96.3 Å². The first kappa shape index (κ1) is 90.9. The van der Waals surface area contributed by atoms with Gasteiger partial charge in [-0.2, -0.15) is 0 Å². The SMILES string of the molecule is CCCCCCCCC/C=C\CCCCCC(=O)OCC(COP(=O)(O)OC1C(OC2OC(CO)C(O)C(O)C2O)C(O)C(O)C(O)C1OC1OC(COC(=O)CCCCCCCCCCCCCCCCCCC)C(O)C(O)C1O)OC(=O)CCCCCCCCCCCCCCC. The first-order valence-electron chi connectivity index (χ1n) is 39.0. The van der Waals surface area contributed by atoms with Gasteiger partial charge in [0.2, 0.25) is 0 Å². The molecule has 0 aromatic carbocycles. The smallest absolute Gasteiger partial charge is 0.463 e. The number of phosphoric acid groups is 1. The second-order valence-electron chi connectivity index (χ2n) is 28.1. The molecule has 0 aromatic heterocycles. The highest BCUT2D eigenvalue weighted by molar-refractivity contribution is 7.47. The summed E-state index contributed by atoms with van der Waals surface area (Å²) in [5.74, 6) is -2.00. The Morgan fingerprint density at radius 2 is 0.707 bits per heavy atom. The summed E-state index contributed by atoms with van der Waals surface area (Å²) in [6.45, 7) is 3.45. The Morgan fingerprint density at radius 1 is 0.384 bits per heavy atom. The van der Waals surface area contributed by atoms with Gasteiger partial charge in [-0.25, -0.2) is 4.57 Å². The Hall–Kier alpha value is -2.30. The van der Waals surface area contributed by atoms with Crippen LogP contribution in [0.2, 0.25) is 0 Å². The second kappa shape index (κ2) is 56.1. The van der Waals surface area contributed by atoms with Gasteiger partial charge in [-0.05, 0) is 44.9 Å². The van der Waals surface area contributed by atoms with Gasteiger partial charge in [-0.1, -0.05) is 258 Å². The summed E-state index contributed by atoms with van der Waals surface area (Å²) in [6.07, 6.45) is 15.6. The largest absolute Gasteiger partial charge is 0.472 e. The summed E-state index contributed by atoms with van der Waals surface area (Å²) < 4.78 is 65.1. The molecule has 3 aliphatic rings. The molecule has 2 heterocycles. The van der Waals surface area contributed by atoms with Crippen LogP contribution in [0.25, 0.3) is 0 Å². The van der Waals surface area contributed by atoms with Crippen LogP contribution in [0.4, 0.5) is 0 Å². The van der Waals surface area contributed by atoms with E-state index >= 15 is 0 Å². The van der Waals surface area contributed by atoms with Crippen LogP contribution in [0.5, 0.6) is 0 Å². The van der Waals surface area contributed by atoms with Gasteiger partial charge in [0.25, 0.3) is 0 Å². The monoisotopic (exact) mass is 1440 g/mol. The molecule has 1 saturated carbocycles. The van der Waals surface area contributed by atoms with Gasteiger partial charge in [0.15, 0.2) is 18.7 Å². The fourth-order valence-electron chi connectivity index (χ4n) is 12.9. The maximum absolute atomic E-state index is 14.3. The molecule has 2 saturated heterocycles. The number of hydrogen-bond acceptors (Lipinski definition) is 23. The number of carbonyl (C=O) groups is 3. The lowest BCUT2D eigenvalue weighted by atomic mass is 9.84. The fourth-order valence-corrected chi connectivity index (χ4v) is 13.9. The summed E-state index contributed by atoms with van der Waals surface area (Å²) in [6, 6.07) is 0. The highest BCUT2D eigenvalue weighted by atomic mass is 31.2. The topological polar surface area (TPSA) is 374 Å². The number of hydrogen-bond donors (Lipinski definition) is 11. The van der Waals surface area contributed by atoms with E-state index in [4.69, 9.17) is 42.2 Å². The highest BCUT2D eigenvalue weighted by Crippen LogP contribution is 2.49. The van der Waals surface area contributed by atoms with Gasteiger partial charge >= 0.3 is 25.7 Å². The van der Waals surface area contributed by atoms with Gasteiger partial charge in [-0.3, -0.25) is 23.4 Å². The number of ether oxygens (including phenoxy) is 7. The van der Waals surface area contributed by atoms with Gasteiger partial charge in [-0.15, -0.1) is 0 Å². The Bertz CT molecular complexity index is 2090. The van der Waals surface area contributed by atoms with Crippen LogP contribution in [0.15, 0.2) is 12.2 Å². The van der Waals surface area contributed by atoms with E-state index in [0.29, 0.717) is 19.3 Å². The van der Waals surface area contributed by atoms with E-state index in [9.17, 15) is 74.9 Å². The van der Waals surface area contributed by atoms with Crippen LogP contribution in [-0.2, 0) is 61.2 Å². The molecule has 18 atom stereocenters. The van der Waals surface area contributed by atoms with Crippen molar-refractivity contribution in [1.82, 2.24) is 0 Å². The first-order valence-corrected chi connectivity index (χ1v) is 40.5. The summed E-state index contributed by atoms with van der Waals surface area (Å²) in [5, 5.41) is 110. The molecule has 3 fully saturated rings. The maximum Gasteiger partial charge on any atom is 0.472 e. The van der Waals surface area contributed by atoms with Crippen LogP contribution in [0.3, 0.4) is 0 Å². The third-order valence-electron chi connectivity index (χ3n) is 19.3. The standard InChI is InChI=1S/C74H137O24P/c1-4-7-10-13-16-19-22-25-27-28-29-32-34-37-40-43-46-49-59(77)91-54-57-62(80)64(82)69(87)74(95-57)97-71-67(85)65(83)66(84)70(96-73-68(86)63(81)61(79)56(51-75)94-73)72(71)98-99(88,89)92-53-55(93-60(78)50-47-44-41-38-35-30-24-21-18-15-12-9-6-3)52-90-58(76)48-45-42-39-36-33-31-26-23-20-17-14-11-8-5-2/h31,33,55-57,61-75,79-87H,4-30,32,34-54H2,1-3H3,(H,88,89)/b33-31-. The van der Waals surface area contributed by atoms with Gasteiger partial charge < -0.3 is 89.1 Å². The number of phosphoric ester groups is 1. The lowest BCUT2D eigenvalue weighted by Gasteiger charge is -2.49. The molecule has 0 spiro atoms. The van der Waals surface area contributed by atoms with Crippen molar-refractivity contribution in [1.29, 1.82) is 0 Å². The number of rotatable bonds is 61. The Balaban J connectivity index is 1.71. The minimum Gasteiger partial charge on any atom is -0.463 e. The number of esters is 3. The third-order valence-corrected chi connectivity index (χ3v) is 20.3. The van der Waals surface area contributed by atoms with E-state index in [1.54, 1.807) is 0 Å². The van der Waals surface area contributed by atoms with Gasteiger partial charge in [0, 0.05) is 19.3 Å². The molecule has 11 N–H and O–H groups in total. The molecule has 0 aromatic rings. The molecule has 1 aliphatic carbocycles. The van der Waals surface area contributed by atoms with Crippen molar-refractivity contribution in [3.8, 4) is 0 Å². The molecular weight excluding hydrogens is 1300 g/mol. The normalized spacial score (nSPS) is 27.5. The minimum absolute atomic E-state index is 0.0279. The summed E-state index contributed by atoms with van der Waals surface area (Å²) in [4.78, 5) is 51.0. The van der Waals surface area contributed by atoms with E-state index < -0.39 is 156 Å². The molecule has 0 amide bonds. The minimum atomic E-state index is -5.70. The third kappa shape index (κ3) is 39.0. The Morgan fingerprint density at radius 3 is 1.10 bits per heavy atom. The van der Waals surface area contributed by atoms with Crippen molar-refractivity contribution >= 4 is 25.7 Å². The molecule has 24 nitrogen and oxygen atoms in total. The van der Waals surface area contributed by atoms with Crippen LogP contribution in [0, 0.1) is 0 Å². The van der Waals surface area contributed by atoms with Crippen molar-refractivity contribution in [2.24, 2.45) is 0 Å². The van der Waals surface area contributed by atoms with Crippen molar-refractivity contribution < 1.29 is 117 Å². The zero-order valence-electron chi connectivity index (χ0n) is 60.8. The Labute approximate surface area is 592 Å². The molecule has 2 aliphatic heterocycles. The summed E-state index contributed by atoms with van der Waals surface area (Å²) >= 11 is 0. The molecule has 18 unspecified atom stereocenters. The van der Waals surface area contributed by atoms with Crippen LogP contribution in [-0.4, -0.2) is 204 Å². The average Bonchev–Trinajstić information content (AvgIpc) is 0.763. The Kier molecular flexibility index (Phi) is 51.5. The van der Waals surface area contributed by atoms with Crippen molar-refractivity contribution in [3.05, 3.63) is 12.2 Å². The van der Waals surface area contributed by atoms with E-state index in [-0.39, 0.29) is 19.3 Å². The fraction of sp³-hybridized carbons (Fsp3) is 0.932. The maximum atomic E-state index is 14.3. The number of aliphatic hydroxyl groups is 10. The zero-order valence-corrected chi connectivity index (χ0v) is 61.7. The van der Waals surface area contributed by atoms with E-state index in [1.165, 1.54) is 154 Å². The number of unbranched alkanes of at least 4 members (excludes halogenated alkanes) is 38. The van der Waals surface area contributed by atoms with Crippen LogP contribution in [0.1, 0.15) is 310 Å². The molecule has 3 rings (SSSR count). The van der Waals surface area contributed by atoms with Crippen LogP contribution >= 0.6 is 7.82 Å². The van der Waals surface area contributed by atoms with Gasteiger partial charge in [0.05, 0.1) is 13.2 Å². The number of carbonyl (C=O) groups excluding carboxylic acids is 3. The lowest BCUT2D eigenvalue weighted by Crippen LogP contribution is -2.69. The lowest BCUT2D eigenvalue weighted by molar-refractivity contribution is -0.360. The van der Waals surface area contributed by atoms with E-state index in [2.05, 4.69) is 32.9 Å². The molecule has 582 valence electrons. The van der Waals surface area contributed by atoms with Crippen molar-refractivity contribution in [2.45, 2.75) is 414 Å². The molecule has 0 bridgehead atoms. The molecule has 25 heteroatoms. The predicted octanol–water partition coefficient (Wildman–Crippen LogP) is 11.1. The van der Waals surface area contributed by atoms with Gasteiger partial charge in [0.1, 0.15) is 98.7 Å². The van der Waals surface area contributed by atoms with Crippen molar-refractivity contribution in [2.75, 3.05) is 26.4 Å². The first-order chi connectivity index (χ1) is 47.8. The molecular formula is C74H137O24P. The molecule has 0 radical (unpaired) electrons. The summed E-state index contributed by atoms with van der Waals surface area (Å²) in [7, 11) is -5.70.